The molecule has 0 radical (unpaired) electrons. The van der Waals surface area contributed by atoms with Crippen molar-refractivity contribution in [2.75, 3.05) is 0 Å². The van der Waals surface area contributed by atoms with Crippen LogP contribution in [0.4, 0.5) is 4.39 Å². The van der Waals surface area contributed by atoms with Gasteiger partial charge in [-0.1, -0.05) is 19.8 Å². The maximum absolute atomic E-state index is 13.4. The summed E-state index contributed by atoms with van der Waals surface area (Å²) in [5.41, 5.74) is 5.93. The Hall–Kier alpha value is -0.370. The Labute approximate surface area is 79.2 Å². The van der Waals surface area contributed by atoms with Crippen LogP contribution in [-0.4, -0.2) is 6.04 Å². The lowest BCUT2D eigenvalue weighted by atomic mass is 9.66. The molecule has 0 aliphatic heterocycles. The van der Waals surface area contributed by atoms with Crippen LogP contribution in [0, 0.1) is 17.8 Å². The highest BCUT2D eigenvalue weighted by molar-refractivity contribution is 5.12. The summed E-state index contributed by atoms with van der Waals surface area (Å²) in [7, 11) is 0. The first-order valence-corrected chi connectivity index (χ1v) is 5.33. The number of halogens is 1. The van der Waals surface area contributed by atoms with Crippen LogP contribution in [0.2, 0.25) is 0 Å². The van der Waals surface area contributed by atoms with Crippen molar-refractivity contribution >= 4 is 0 Å². The number of nitrogens with two attached hydrogens (primary N) is 1. The molecule has 4 atom stereocenters. The molecule has 2 N–H and O–H groups in total. The molecule has 0 aromatic heterocycles. The molecule has 3 unspecified atom stereocenters. The van der Waals surface area contributed by atoms with Crippen LogP contribution < -0.4 is 5.73 Å². The van der Waals surface area contributed by atoms with Crippen LogP contribution in [0.1, 0.15) is 32.6 Å². The molecule has 1 saturated carbocycles. The van der Waals surface area contributed by atoms with Crippen molar-refractivity contribution in [1.29, 1.82) is 0 Å². The van der Waals surface area contributed by atoms with Gasteiger partial charge >= 0.3 is 0 Å². The number of fused-ring (bicyclic) bond motifs is 1. The van der Waals surface area contributed by atoms with E-state index in [1.807, 2.05) is 6.92 Å². The zero-order chi connectivity index (χ0) is 9.42. The van der Waals surface area contributed by atoms with E-state index < -0.39 is 0 Å². The van der Waals surface area contributed by atoms with Crippen molar-refractivity contribution in [2.24, 2.45) is 23.5 Å². The number of hydrogen-bond acceptors (Lipinski definition) is 1. The minimum Gasteiger partial charge on any atom is -0.324 e. The molecule has 2 rings (SSSR count). The van der Waals surface area contributed by atoms with E-state index in [4.69, 9.17) is 5.73 Å². The van der Waals surface area contributed by atoms with Gasteiger partial charge in [-0.15, -0.1) is 0 Å². The van der Waals surface area contributed by atoms with Gasteiger partial charge in [-0.25, -0.2) is 4.39 Å². The molecule has 1 fully saturated rings. The van der Waals surface area contributed by atoms with Crippen molar-refractivity contribution in [3.63, 3.8) is 0 Å². The van der Waals surface area contributed by atoms with E-state index in [9.17, 15) is 4.39 Å². The molecule has 0 bridgehead atoms. The summed E-state index contributed by atoms with van der Waals surface area (Å²) < 4.78 is 13.4. The van der Waals surface area contributed by atoms with Crippen molar-refractivity contribution < 1.29 is 4.39 Å². The lowest BCUT2D eigenvalue weighted by molar-refractivity contribution is 0.144. The lowest BCUT2D eigenvalue weighted by Gasteiger charge is -2.41. The first kappa shape index (κ1) is 9.20. The highest BCUT2D eigenvalue weighted by atomic mass is 19.1. The van der Waals surface area contributed by atoms with E-state index in [0.29, 0.717) is 11.8 Å². The van der Waals surface area contributed by atoms with Crippen molar-refractivity contribution in [3.8, 4) is 0 Å². The molecule has 0 spiro atoms. The summed E-state index contributed by atoms with van der Waals surface area (Å²) in [5, 5.41) is 0. The van der Waals surface area contributed by atoms with Crippen LogP contribution in [0.5, 0.6) is 0 Å². The van der Waals surface area contributed by atoms with Gasteiger partial charge in [0.05, 0.1) is 0 Å². The monoisotopic (exact) mass is 183 g/mol. The second kappa shape index (κ2) is 3.41. The van der Waals surface area contributed by atoms with E-state index in [1.165, 1.54) is 25.7 Å². The van der Waals surface area contributed by atoms with Crippen LogP contribution >= 0.6 is 0 Å². The smallest absolute Gasteiger partial charge is 0.101 e. The predicted octanol–water partition coefficient (Wildman–Crippen LogP) is 2.62. The second-order valence-electron chi connectivity index (χ2n) is 4.53. The van der Waals surface area contributed by atoms with Crippen LogP contribution in [-0.2, 0) is 0 Å². The summed E-state index contributed by atoms with van der Waals surface area (Å²) in [6.07, 6.45) is 6.53. The maximum atomic E-state index is 13.4. The quantitative estimate of drug-likeness (QED) is 0.614. The summed E-state index contributed by atoms with van der Waals surface area (Å²) in [6.45, 7) is 2.00. The average molecular weight is 183 g/mol. The molecule has 0 aromatic rings. The van der Waals surface area contributed by atoms with Gasteiger partial charge in [-0.05, 0) is 30.8 Å². The van der Waals surface area contributed by atoms with E-state index >= 15 is 0 Å². The standard InChI is InChI=1S/C11H18FN/c1-7-8-4-2-3-5-9(8)11(13)6-10(7)12/h6-9,11H,2-5,13H2,1H3/t7?,8-,9?,11?/m1/s1. The molecule has 13 heavy (non-hydrogen) atoms. The van der Waals surface area contributed by atoms with Gasteiger partial charge in [0.25, 0.3) is 0 Å². The summed E-state index contributed by atoms with van der Waals surface area (Å²) in [6, 6.07) is -0.0264. The van der Waals surface area contributed by atoms with E-state index in [0.717, 1.165) is 0 Å². The van der Waals surface area contributed by atoms with E-state index in [-0.39, 0.29) is 17.8 Å². The zero-order valence-corrected chi connectivity index (χ0v) is 8.17. The lowest BCUT2D eigenvalue weighted by Crippen LogP contribution is -2.42. The number of hydrogen-bond donors (Lipinski definition) is 1. The van der Waals surface area contributed by atoms with E-state index in [2.05, 4.69) is 0 Å². The highest BCUT2D eigenvalue weighted by Crippen LogP contribution is 2.43. The van der Waals surface area contributed by atoms with Gasteiger partial charge in [0.1, 0.15) is 5.83 Å². The predicted molar refractivity (Wildman–Crippen MR) is 51.8 cm³/mol. The third-order valence-electron chi connectivity index (χ3n) is 3.80. The SMILES string of the molecule is CC1C(F)=CC(N)C2CCCC[C@H]12. The Morgan fingerprint density at radius 3 is 2.62 bits per heavy atom. The molecule has 0 saturated heterocycles. The Balaban J connectivity index is 2.21. The number of allylic oxidation sites excluding steroid dienone is 1. The zero-order valence-electron chi connectivity index (χ0n) is 8.17. The third kappa shape index (κ3) is 1.52. The first-order valence-electron chi connectivity index (χ1n) is 5.33. The molecule has 2 aliphatic carbocycles. The van der Waals surface area contributed by atoms with Gasteiger partial charge in [0.15, 0.2) is 0 Å². The Kier molecular flexibility index (Phi) is 2.41. The van der Waals surface area contributed by atoms with Gasteiger partial charge in [-0.2, -0.15) is 0 Å². The van der Waals surface area contributed by atoms with E-state index in [1.54, 1.807) is 6.08 Å². The van der Waals surface area contributed by atoms with Crippen molar-refractivity contribution in [2.45, 2.75) is 38.6 Å². The fourth-order valence-electron chi connectivity index (χ4n) is 2.95. The first-order chi connectivity index (χ1) is 6.20. The molecule has 0 amide bonds. The van der Waals surface area contributed by atoms with Gasteiger partial charge in [0.2, 0.25) is 0 Å². The number of rotatable bonds is 0. The molecule has 1 nitrogen and oxygen atoms in total. The topological polar surface area (TPSA) is 26.0 Å². The molecule has 2 aliphatic rings. The normalized spacial score (nSPS) is 45.3. The third-order valence-corrected chi connectivity index (χ3v) is 3.80. The van der Waals surface area contributed by atoms with Crippen molar-refractivity contribution in [1.82, 2.24) is 0 Å². The van der Waals surface area contributed by atoms with Crippen LogP contribution in [0.25, 0.3) is 0 Å². The molecule has 0 heterocycles. The average Bonchev–Trinajstić information content (AvgIpc) is 2.15. The minimum absolute atomic E-state index is 0.0237. The fourth-order valence-corrected chi connectivity index (χ4v) is 2.95. The molecule has 0 aromatic carbocycles. The minimum atomic E-state index is -0.0264. The van der Waals surface area contributed by atoms with Crippen LogP contribution in [0.15, 0.2) is 11.9 Å². The Bertz CT molecular complexity index is 224. The highest BCUT2D eigenvalue weighted by Gasteiger charge is 2.37. The molecule has 74 valence electrons. The Morgan fingerprint density at radius 2 is 1.92 bits per heavy atom. The molecular weight excluding hydrogens is 165 g/mol. The van der Waals surface area contributed by atoms with Gasteiger partial charge in [0, 0.05) is 12.0 Å². The van der Waals surface area contributed by atoms with Crippen molar-refractivity contribution in [3.05, 3.63) is 11.9 Å². The molecule has 2 heteroatoms. The van der Waals surface area contributed by atoms with Gasteiger partial charge in [-0.3, -0.25) is 0 Å². The van der Waals surface area contributed by atoms with Gasteiger partial charge < -0.3 is 5.73 Å². The maximum Gasteiger partial charge on any atom is 0.101 e. The summed E-state index contributed by atoms with van der Waals surface area (Å²) in [5.74, 6) is 1.19. The fraction of sp³-hybridized carbons (Fsp3) is 0.818. The largest absolute Gasteiger partial charge is 0.324 e. The summed E-state index contributed by atoms with van der Waals surface area (Å²) >= 11 is 0. The second-order valence-corrected chi connectivity index (χ2v) is 4.53. The molecular formula is C11H18FN. The summed E-state index contributed by atoms with van der Waals surface area (Å²) in [4.78, 5) is 0. The Morgan fingerprint density at radius 1 is 1.31 bits per heavy atom. The van der Waals surface area contributed by atoms with Crippen LogP contribution in [0.3, 0.4) is 0 Å².